The average Bonchev–Trinajstić information content (AvgIpc) is 2.29. The van der Waals surface area contributed by atoms with Crippen molar-refractivity contribution >= 4 is 0 Å². The molecule has 1 aromatic carbocycles. The molecule has 0 aliphatic carbocycles. The van der Waals surface area contributed by atoms with E-state index in [1.54, 1.807) is 7.11 Å². The van der Waals surface area contributed by atoms with Gasteiger partial charge in [-0.15, -0.1) is 6.42 Å². The number of benzene rings is 1. The molecule has 0 saturated heterocycles. The molecule has 0 aliphatic heterocycles. The lowest BCUT2D eigenvalue weighted by molar-refractivity contribution is 0.412. The summed E-state index contributed by atoms with van der Waals surface area (Å²) in [6.45, 7) is 6.17. The molecule has 0 fully saturated rings. The Balaban J connectivity index is 2.56. The fourth-order valence-electron chi connectivity index (χ4n) is 1.82. The summed E-state index contributed by atoms with van der Waals surface area (Å²) in [5.74, 6) is 3.63. The Labute approximate surface area is 104 Å². The lowest BCUT2D eigenvalue weighted by atomic mass is 10.0. The predicted octanol–water partition coefficient (Wildman–Crippen LogP) is 2.63. The van der Waals surface area contributed by atoms with Crippen LogP contribution in [0, 0.1) is 12.3 Å². The van der Waals surface area contributed by atoms with Gasteiger partial charge in [-0.1, -0.05) is 18.1 Å². The number of nitrogens with one attached hydrogen (secondary N) is 1. The first-order valence-corrected chi connectivity index (χ1v) is 5.85. The maximum absolute atomic E-state index is 5.46. The summed E-state index contributed by atoms with van der Waals surface area (Å²) in [6.07, 6.45) is 6.41. The second-order valence-corrected chi connectivity index (χ2v) is 4.87. The van der Waals surface area contributed by atoms with Gasteiger partial charge in [0, 0.05) is 6.04 Å². The number of ether oxygens (including phenoxy) is 1. The summed E-state index contributed by atoms with van der Waals surface area (Å²) >= 11 is 0. The second-order valence-electron chi connectivity index (χ2n) is 4.87. The Bertz CT molecular complexity index is 386. The van der Waals surface area contributed by atoms with Crippen LogP contribution in [0.5, 0.6) is 5.75 Å². The van der Waals surface area contributed by atoms with Gasteiger partial charge in [0.25, 0.3) is 0 Å². The molecular weight excluding hydrogens is 210 g/mol. The summed E-state index contributed by atoms with van der Waals surface area (Å²) in [6, 6.07) is 8.47. The number of hydrogen-bond acceptors (Lipinski definition) is 2. The first kappa shape index (κ1) is 13.6. The van der Waals surface area contributed by atoms with Gasteiger partial charge >= 0.3 is 0 Å². The molecule has 0 radical (unpaired) electrons. The minimum absolute atomic E-state index is 0.258. The van der Waals surface area contributed by atoms with Crippen molar-refractivity contribution in [3.8, 4) is 18.1 Å². The van der Waals surface area contributed by atoms with E-state index in [9.17, 15) is 0 Å². The maximum Gasteiger partial charge on any atom is 0.118 e. The molecule has 92 valence electrons. The van der Waals surface area contributed by atoms with Crippen LogP contribution < -0.4 is 10.1 Å². The number of terminal acetylenes is 1. The molecule has 17 heavy (non-hydrogen) atoms. The van der Waals surface area contributed by atoms with E-state index in [2.05, 4.69) is 30.3 Å². The lowest BCUT2D eigenvalue weighted by Gasteiger charge is -2.25. The Hall–Kier alpha value is -1.46. The zero-order valence-electron chi connectivity index (χ0n) is 11.1. The van der Waals surface area contributed by atoms with E-state index in [1.165, 1.54) is 5.56 Å². The van der Waals surface area contributed by atoms with Crippen LogP contribution in [-0.4, -0.2) is 18.7 Å². The van der Waals surface area contributed by atoms with Crippen molar-refractivity contribution in [1.29, 1.82) is 0 Å². The molecule has 0 bridgehead atoms. The number of rotatable bonds is 5. The molecule has 0 spiro atoms. The van der Waals surface area contributed by atoms with E-state index in [0.29, 0.717) is 6.04 Å². The van der Waals surface area contributed by atoms with Gasteiger partial charge in [0.1, 0.15) is 5.75 Å². The van der Waals surface area contributed by atoms with Gasteiger partial charge in [-0.05, 0) is 44.9 Å². The van der Waals surface area contributed by atoms with Crippen LogP contribution in [0.2, 0.25) is 0 Å². The predicted molar refractivity (Wildman–Crippen MR) is 72.2 cm³/mol. The number of hydrogen-bond donors (Lipinski definition) is 1. The van der Waals surface area contributed by atoms with E-state index in [0.717, 1.165) is 12.2 Å². The molecule has 1 atom stereocenters. The molecule has 0 amide bonds. The minimum Gasteiger partial charge on any atom is -0.497 e. The first-order valence-electron chi connectivity index (χ1n) is 5.85. The molecule has 0 heterocycles. The van der Waals surface area contributed by atoms with Crippen molar-refractivity contribution in [1.82, 2.24) is 5.32 Å². The highest BCUT2D eigenvalue weighted by Crippen LogP contribution is 2.13. The zero-order chi connectivity index (χ0) is 12.9. The van der Waals surface area contributed by atoms with Crippen molar-refractivity contribution in [2.24, 2.45) is 0 Å². The summed E-state index contributed by atoms with van der Waals surface area (Å²) in [7, 11) is 1.68. The fourth-order valence-corrected chi connectivity index (χ4v) is 1.82. The highest BCUT2D eigenvalue weighted by molar-refractivity contribution is 5.27. The first-order chi connectivity index (χ1) is 7.96. The van der Waals surface area contributed by atoms with Gasteiger partial charge in [0.2, 0.25) is 0 Å². The summed E-state index contributed by atoms with van der Waals surface area (Å²) in [5.41, 5.74) is 1.02. The normalized spacial score (nSPS) is 12.9. The van der Waals surface area contributed by atoms with E-state index < -0.39 is 0 Å². The van der Waals surface area contributed by atoms with Gasteiger partial charge in [-0.25, -0.2) is 0 Å². The molecule has 1 unspecified atom stereocenters. The quantitative estimate of drug-likeness (QED) is 0.787. The molecular formula is C15H21NO. The van der Waals surface area contributed by atoms with Crippen molar-refractivity contribution in [2.45, 2.75) is 38.8 Å². The third kappa shape index (κ3) is 4.50. The molecule has 0 saturated carbocycles. The third-order valence-electron chi connectivity index (χ3n) is 2.67. The second kappa shape index (κ2) is 5.75. The van der Waals surface area contributed by atoms with Crippen molar-refractivity contribution in [2.75, 3.05) is 7.11 Å². The average molecular weight is 231 g/mol. The van der Waals surface area contributed by atoms with Gasteiger partial charge in [-0.2, -0.15) is 0 Å². The van der Waals surface area contributed by atoms with Crippen LogP contribution in [0.4, 0.5) is 0 Å². The van der Waals surface area contributed by atoms with Crippen molar-refractivity contribution in [3.63, 3.8) is 0 Å². The molecule has 1 aromatic rings. The molecule has 0 aliphatic rings. The standard InChI is InChI=1S/C15H21NO/c1-6-15(3,4)16-12(2)11-13-7-9-14(17-5)10-8-13/h1,7-10,12,16H,11H2,2-5H3. The van der Waals surface area contributed by atoms with Crippen LogP contribution in [0.25, 0.3) is 0 Å². The monoisotopic (exact) mass is 231 g/mol. The lowest BCUT2D eigenvalue weighted by Crippen LogP contribution is -2.44. The molecule has 2 heteroatoms. The highest BCUT2D eigenvalue weighted by atomic mass is 16.5. The summed E-state index contributed by atoms with van der Waals surface area (Å²) < 4.78 is 5.13. The Kier molecular flexibility index (Phi) is 4.60. The van der Waals surface area contributed by atoms with Crippen LogP contribution in [-0.2, 0) is 6.42 Å². The van der Waals surface area contributed by atoms with Crippen LogP contribution >= 0.6 is 0 Å². The Morgan fingerprint density at radius 2 is 1.94 bits per heavy atom. The van der Waals surface area contributed by atoms with E-state index in [1.807, 2.05) is 26.0 Å². The zero-order valence-corrected chi connectivity index (χ0v) is 11.1. The van der Waals surface area contributed by atoms with E-state index >= 15 is 0 Å². The van der Waals surface area contributed by atoms with Gasteiger partial charge in [0.05, 0.1) is 12.6 Å². The highest BCUT2D eigenvalue weighted by Gasteiger charge is 2.16. The topological polar surface area (TPSA) is 21.3 Å². The largest absolute Gasteiger partial charge is 0.497 e. The van der Waals surface area contributed by atoms with Crippen molar-refractivity contribution in [3.05, 3.63) is 29.8 Å². The summed E-state index contributed by atoms with van der Waals surface area (Å²) in [5, 5.41) is 3.42. The van der Waals surface area contributed by atoms with E-state index in [4.69, 9.17) is 11.2 Å². The molecule has 2 nitrogen and oxygen atoms in total. The van der Waals surface area contributed by atoms with Crippen LogP contribution in [0.3, 0.4) is 0 Å². The van der Waals surface area contributed by atoms with E-state index in [-0.39, 0.29) is 5.54 Å². The summed E-state index contributed by atoms with van der Waals surface area (Å²) in [4.78, 5) is 0. The minimum atomic E-state index is -0.258. The van der Waals surface area contributed by atoms with Gasteiger partial charge in [-0.3, -0.25) is 5.32 Å². The molecule has 1 N–H and O–H groups in total. The maximum atomic E-state index is 5.46. The Morgan fingerprint density at radius 1 is 1.35 bits per heavy atom. The van der Waals surface area contributed by atoms with Crippen molar-refractivity contribution < 1.29 is 4.74 Å². The van der Waals surface area contributed by atoms with Crippen LogP contribution in [0.1, 0.15) is 26.3 Å². The fraction of sp³-hybridized carbons (Fsp3) is 0.467. The van der Waals surface area contributed by atoms with Crippen LogP contribution in [0.15, 0.2) is 24.3 Å². The smallest absolute Gasteiger partial charge is 0.118 e. The van der Waals surface area contributed by atoms with Gasteiger partial charge in [0.15, 0.2) is 0 Å². The van der Waals surface area contributed by atoms with Gasteiger partial charge < -0.3 is 4.74 Å². The molecule has 1 rings (SSSR count). The Morgan fingerprint density at radius 3 is 2.41 bits per heavy atom. The number of methoxy groups -OCH3 is 1. The molecule has 0 aromatic heterocycles. The third-order valence-corrected chi connectivity index (χ3v) is 2.67. The SMILES string of the molecule is C#CC(C)(C)NC(C)Cc1ccc(OC)cc1.